The molecule has 1 amide bonds. The monoisotopic (exact) mass is 406 g/mol. The summed E-state index contributed by atoms with van der Waals surface area (Å²) in [7, 11) is 0. The van der Waals surface area contributed by atoms with E-state index in [1.807, 2.05) is 51.2 Å². The topological polar surface area (TPSA) is 51.5 Å². The van der Waals surface area contributed by atoms with Gasteiger partial charge in [-0.1, -0.05) is 12.1 Å². The fourth-order valence-corrected chi connectivity index (χ4v) is 3.80. The molecule has 1 aromatic carbocycles. The highest BCUT2D eigenvalue weighted by Crippen LogP contribution is 2.23. The third-order valence-electron chi connectivity index (χ3n) is 4.37. The number of ether oxygens (including phenoxy) is 1. The second-order valence-electron chi connectivity index (χ2n) is 7.45. The van der Waals surface area contributed by atoms with Gasteiger partial charge in [-0.25, -0.2) is 4.79 Å². The molecular weight excluding hydrogens is 384 g/mol. The summed E-state index contributed by atoms with van der Waals surface area (Å²) in [6.45, 7) is 6.74. The van der Waals surface area contributed by atoms with Gasteiger partial charge >= 0.3 is 6.09 Å². The van der Waals surface area contributed by atoms with Crippen molar-refractivity contribution in [1.82, 2.24) is 9.47 Å². The fraction of sp³-hybridized carbons (Fsp3) is 0.474. The zero-order valence-corrected chi connectivity index (χ0v) is 16.4. The molecule has 2 aromatic rings. The summed E-state index contributed by atoms with van der Waals surface area (Å²) in [5, 5.41) is 1.58. The number of rotatable bonds is 2. The minimum absolute atomic E-state index is 0.0208. The minimum atomic E-state index is -0.519. The van der Waals surface area contributed by atoms with Crippen LogP contribution in [0, 0.1) is 0 Å². The summed E-state index contributed by atoms with van der Waals surface area (Å²) in [6, 6.07) is 7.63. The maximum atomic E-state index is 12.8. The van der Waals surface area contributed by atoms with Gasteiger partial charge < -0.3 is 14.2 Å². The van der Waals surface area contributed by atoms with E-state index in [0.717, 1.165) is 22.7 Å². The molecule has 6 heteroatoms. The van der Waals surface area contributed by atoms with Crippen LogP contribution in [0.15, 0.2) is 39.7 Å². The lowest BCUT2D eigenvalue weighted by molar-refractivity contribution is 0.0213. The van der Waals surface area contributed by atoms with Crippen LogP contribution >= 0.6 is 15.9 Å². The van der Waals surface area contributed by atoms with E-state index in [1.165, 1.54) is 0 Å². The van der Waals surface area contributed by atoms with Gasteiger partial charge in [-0.2, -0.15) is 0 Å². The van der Waals surface area contributed by atoms with Crippen LogP contribution in [0.4, 0.5) is 4.79 Å². The molecule has 134 valence electrons. The largest absolute Gasteiger partial charge is 0.444 e. The first-order valence-corrected chi connectivity index (χ1v) is 9.33. The summed E-state index contributed by atoms with van der Waals surface area (Å²) in [5.74, 6) is 0. The number of halogens is 1. The van der Waals surface area contributed by atoms with Crippen LogP contribution in [0.1, 0.15) is 33.6 Å². The predicted octanol–water partition coefficient (Wildman–Crippen LogP) is 4.16. The first-order valence-electron chi connectivity index (χ1n) is 8.53. The van der Waals surface area contributed by atoms with Crippen LogP contribution in [0.3, 0.4) is 0 Å². The van der Waals surface area contributed by atoms with Crippen LogP contribution in [-0.4, -0.2) is 33.7 Å². The van der Waals surface area contributed by atoms with E-state index in [4.69, 9.17) is 4.74 Å². The highest BCUT2D eigenvalue weighted by molar-refractivity contribution is 9.10. The fourth-order valence-electron chi connectivity index (χ4n) is 3.24. The van der Waals surface area contributed by atoms with Crippen molar-refractivity contribution in [3.8, 4) is 0 Å². The number of hydrogen-bond acceptors (Lipinski definition) is 3. The second kappa shape index (κ2) is 6.83. The van der Waals surface area contributed by atoms with E-state index in [1.54, 1.807) is 9.47 Å². The van der Waals surface area contributed by atoms with Gasteiger partial charge in [-0.3, -0.25) is 4.79 Å². The number of carbonyl (C=O) groups is 1. The number of amides is 1. The van der Waals surface area contributed by atoms with Crippen molar-refractivity contribution in [2.75, 3.05) is 6.54 Å². The maximum Gasteiger partial charge on any atom is 0.410 e. The highest BCUT2D eigenvalue weighted by atomic mass is 79.9. The maximum absolute atomic E-state index is 12.8. The molecule has 1 fully saturated rings. The average Bonchev–Trinajstić information content (AvgIpc) is 2.97. The number of nitrogens with zero attached hydrogens (tertiary/aromatic N) is 2. The molecule has 3 rings (SSSR count). The molecule has 0 saturated carbocycles. The summed E-state index contributed by atoms with van der Waals surface area (Å²) in [5.41, 5.74) is -0.560. The van der Waals surface area contributed by atoms with Crippen LogP contribution in [0.2, 0.25) is 0 Å². The minimum Gasteiger partial charge on any atom is -0.444 e. The van der Waals surface area contributed by atoms with Gasteiger partial charge in [0.05, 0.1) is 11.4 Å². The van der Waals surface area contributed by atoms with Crippen LogP contribution in [0.25, 0.3) is 10.8 Å². The molecule has 25 heavy (non-hydrogen) atoms. The van der Waals surface area contributed by atoms with Gasteiger partial charge in [0.1, 0.15) is 5.60 Å². The number of hydrogen-bond donors (Lipinski definition) is 0. The summed E-state index contributed by atoms with van der Waals surface area (Å²) < 4.78 is 7.99. The number of benzene rings is 1. The van der Waals surface area contributed by atoms with E-state index < -0.39 is 5.60 Å². The van der Waals surface area contributed by atoms with Crippen LogP contribution in [0.5, 0.6) is 0 Å². The van der Waals surface area contributed by atoms with E-state index in [0.29, 0.717) is 18.5 Å². The first-order chi connectivity index (χ1) is 11.8. The predicted molar refractivity (Wildman–Crippen MR) is 102 cm³/mol. The number of aromatic nitrogens is 1. The standard InChI is InChI=1S/C19H23BrN2O3/c1-19(2,3)25-18(24)22-10-5-7-14(22)12-21-11-9-13-6-4-8-15(20)16(13)17(21)23/h4,6,8-9,11,14H,5,7,10,12H2,1-3H3. The Morgan fingerprint density at radius 3 is 2.80 bits per heavy atom. The van der Waals surface area contributed by atoms with Crippen molar-refractivity contribution >= 4 is 32.8 Å². The smallest absolute Gasteiger partial charge is 0.410 e. The van der Waals surface area contributed by atoms with Gasteiger partial charge in [-0.05, 0) is 67.1 Å². The van der Waals surface area contributed by atoms with Crippen molar-refractivity contribution < 1.29 is 9.53 Å². The Hall–Kier alpha value is -1.82. The molecule has 1 aliphatic heterocycles. The molecule has 0 radical (unpaired) electrons. The SMILES string of the molecule is CC(C)(C)OC(=O)N1CCCC1Cn1ccc2cccc(Br)c2c1=O. The number of pyridine rings is 1. The molecule has 2 heterocycles. The van der Waals surface area contributed by atoms with E-state index >= 15 is 0 Å². The average molecular weight is 407 g/mol. The molecule has 0 bridgehead atoms. The zero-order chi connectivity index (χ0) is 18.2. The van der Waals surface area contributed by atoms with E-state index in [9.17, 15) is 9.59 Å². The molecule has 1 saturated heterocycles. The summed E-state index contributed by atoms with van der Waals surface area (Å²) >= 11 is 3.46. The molecule has 0 N–H and O–H groups in total. The highest BCUT2D eigenvalue weighted by Gasteiger charge is 2.32. The molecule has 1 unspecified atom stereocenters. The summed E-state index contributed by atoms with van der Waals surface area (Å²) in [6.07, 6.45) is 3.31. The van der Waals surface area contributed by atoms with Gasteiger partial charge in [0.2, 0.25) is 0 Å². The Kier molecular flexibility index (Phi) is 4.91. The Morgan fingerprint density at radius 2 is 2.08 bits per heavy atom. The van der Waals surface area contributed by atoms with Crippen molar-refractivity contribution in [2.45, 2.75) is 51.8 Å². The number of likely N-dealkylation sites (tertiary alicyclic amines) is 1. The Balaban J connectivity index is 1.85. The molecule has 1 atom stereocenters. The van der Waals surface area contributed by atoms with Crippen molar-refractivity contribution in [3.63, 3.8) is 0 Å². The van der Waals surface area contributed by atoms with Crippen molar-refractivity contribution in [2.24, 2.45) is 0 Å². The normalized spacial score (nSPS) is 17.9. The Bertz CT molecular complexity index is 854. The van der Waals surface area contributed by atoms with Gasteiger partial charge in [-0.15, -0.1) is 0 Å². The van der Waals surface area contributed by atoms with Crippen LogP contribution in [-0.2, 0) is 11.3 Å². The third kappa shape index (κ3) is 3.89. The third-order valence-corrected chi connectivity index (χ3v) is 5.03. The van der Waals surface area contributed by atoms with Gasteiger partial charge in [0.15, 0.2) is 0 Å². The number of carbonyl (C=O) groups excluding carboxylic acids is 1. The molecular formula is C19H23BrN2O3. The Morgan fingerprint density at radius 1 is 1.32 bits per heavy atom. The molecule has 0 spiro atoms. The van der Waals surface area contributed by atoms with E-state index in [2.05, 4.69) is 15.9 Å². The molecule has 1 aromatic heterocycles. The molecule has 1 aliphatic rings. The van der Waals surface area contributed by atoms with Gasteiger partial charge in [0, 0.05) is 23.8 Å². The lowest BCUT2D eigenvalue weighted by Gasteiger charge is -2.29. The van der Waals surface area contributed by atoms with Gasteiger partial charge in [0.25, 0.3) is 5.56 Å². The summed E-state index contributed by atoms with van der Waals surface area (Å²) in [4.78, 5) is 27.0. The Labute approximate surface area is 155 Å². The lowest BCUT2D eigenvalue weighted by Crippen LogP contribution is -2.42. The quantitative estimate of drug-likeness (QED) is 0.751. The molecule has 5 nitrogen and oxygen atoms in total. The number of fused-ring (bicyclic) bond motifs is 1. The first kappa shape index (κ1) is 18.0. The van der Waals surface area contributed by atoms with Crippen LogP contribution < -0.4 is 5.56 Å². The zero-order valence-electron chi connectivity index (χ0n) is 14.8. The second-order valence-corrected chi connectivity index (χ2v) is 8.30. The van der Waals surface area contributed by atoms with Crippen molar-refractivity contribution in [1.29, 1.82) is 0 Å². The lowest BCUT2D eigenvalue weighted by atomic mass is 10.1. The van der Waals surface area contributed by atoms with E-state index in [-0.39, 0.29) is 17.7 Å². The van der Waals surface area contributed by atoms with Crippen molar-refractivity contribution in [3.05, 3.63) is 45.3 Å². The molecule has 0 aliphatic carbocycles.